The predicted molar refractivity (Wildman–Crippen MR) is 48.9 cm³/mol. The Labute approximate surface area is 66.5 Å². The van der Waals surface area contributed by atoms with Gasteiger partial charge in [0, 0.05) is 6.61 Å². The first kappa shape index (κ1) is 10.2. The average Bonchev–Trinajstić information content (AvgIpc) is 1.85. The van der Waals surface area contributed by atoms with Crippen molar-refractivity contribution in [1.29, 1.82) is 0 Å². The Kier molecular flexibility index (Phi) is 4.21. The fraction of sp³-hybridized carbons (Fsp3) is 1.00. The summed E-state index contributed by atoms with van der Waals surface area (Å²) in [4.78, 5) is 0. The molecule has 0 aliphatic rings. The fourth-order valence-corrected chi connectivity index (χ4v) is 1.28. The quantitative estimate of drug-likeness (QED) is 0.574. The molecule has 10 heavy (non-hydrogen) atoms. The lowest BCUT2D eigenvalue weighted by Gasteiger charge is -2.23. The highest BCUT2D eigenvalue weighted by Gasteiger charge is 2.15. The zero-order valence-corrected chi connectivity index (χ0v) is 9.05. The monoisotopic (exact) mass is 160 g/mol. The van der Waals surface area contributed by atoms with Gasteiger partial charge in [-0.1, -0.05) is 20.8 Å². The van der Waals surface area contributed by atoms with Crippen LogP contribution in [0.3, 0.4) is 0 Å². The van der Waals surface area contributed by atoms with Gasteiger partial charge in [0.15, 0.2) is 9.04 Å². The van der Waals surface area contributed by atoms with E-state index in [-0.39, 0.29) is 0 Å². The van der Waals surface area contributed by atoms with Gasteiger partial charge >= 0.3 is 0 Å². The number of hydrogen-bond acceptors (Lipinski definition) is 1. The molecule has 0 heterocycles. The van der Waals surface area contributed by atoms with E-state index in [0.717, 1.165) is 6.61 Å². The first-order chi connectivity index (χ1) is 4.48. The molecule has 0 aliphatic carbocycles. The van der Waals surface area contributed by atoms with Crippen molar-refractivity contribution in [3.8, 4) is 0 Å². The Morgan fingerprint density at radius 1 is 1.30 bits per heavy atom. The maximum atomic E-state index is 5.64. The third-order valence-electron chi connectivity index (χ3n) is 1.76. The molecule has 0 radical (unpaired) electrons. The topological polar surface area (TPSA) is 9.23 Å². The lowest BCUT2D eigenvalue weighted by molar-refractivity contribution is 0.177. The van der Waals surface area contributed by atoms with E-state index in [1.807, 2.05) is 0 Å². The number of hydrogen-bond donors (Lipinski definition) is 0. The van der Waals surface area contributed by atoms with Crippen LogP contribution in [0.15, 0.2) is 0 Å². The van der Waals surface area contributed by atoms with Gasteiger partial charge in [-0.15, -0.1) is 0 Å². The molecule has 0 aliphatic heterocycles. The summed E-state index contributed by atoms with van der Waals surface area (Å²) >= 11 is 0. The molecule has 0 rings (SSSR count). The maximum Gasteiger partial charge on any atom is 0.170 e. The van der Waals surface area contributed by atoms with E-state index in [0.29, 0.717) is 5.41 Å². The Balaban J connectivity index is 3.46. The minimum absolute atomic E-state index is 0.386. The Hall–Kier alpha value is 0.177. The second-order valence-electron chi connectivity index (χ2n) is 3.88. The molecule has 0 saturated heterocycles. The Bertz CT molecular complexity index is 89.3. The molecule has 0 amide bonds. The van der Waals surface area contributed by atoms with Crippen molar-refractivity contribution in [2.24, 2.45) is 5.41 Å². The van der Waals surface area contributed by atoms with Crippen LogP contribution in [0.1, 0.15) is 27.2 Å². The molecule has 0 fully saturated rings. The molecule has 0 aromatic rings. The highest BCUT2D eigenvalue weighted by Crippen LogP contribution is 2.19. The molecule has 0 spiro atoms. The zero-order valence-electron chi connectivity index (χ0n) is 7.90. The summed E-state index contributed by atoms with van der Waals surface area (Å²) in [6.07, 6.45) is 1.20. The zero-order chi connectivity index (χ0) is 8.20. The van der Waals surface area contributed by atoms with Crippen molar-refractivity contribution in [3.05, 3.63) is 0 Å². The smallest absolute Gasteiger partial charge is 0.170 e. The van der Waals surface area contributed by atoms with Gasteiger partial charge < -0.3 is 4.43 Å². The highest BCUT2D eigenvalue weighted by atomic mass is 28.3. The second kappa shape index (κ2) is 4.14. The Morgan fingerprint density at radius 2 is 1.80 bits per heavy atom. The summed E-state index contributed by atoms with van der Waals surface area (Å²) < 4.78 is 5.64. The van der Waals surface area contributed by atoms with Crippen LogP contribution in [0.25, 0.3) is 0 Å². The van der Waals surface area contributed by atoms with Gasteiger partial charge in [-0.3, -0.25) is 0 Å². The van der Waals surface area contributed by atoms with Gasteiger partial charge in [0.05, 0.1) is 0 Å². The van der Waals surface area contributed by atoms with Gasteiger partial charge in [0.2, 0.25) is 0 Å². The second-order valence-corrected chi connectivity index (χ2v) is 6.31. The summed E-state index contributed by atoms with van der Waals surface area (Å²) in [5.74, 6) is 0. The van der Waals surface area contributed by atoms with Gasteiger partial charge in [-0.25, -0.2) is 0 Å². The molecule has 0 aromatic heterocycles. The molecular formula is C8H20OSi. The molecule has 2 heteroatoms. The van der Waals surface area contributed by atoms with Gasteiger partial charge in [-0.2, -0.15) is 0 Å². The third-order valence-corrected chi connectivity index (χ3v) is 2.60. The van der Waals surface area contributed by atoms with Crippen LogP contribution in [0, 0.1) is 5.41 Å². The fourth-order valence-electron chi connectivity index (χ4n) is 0.494. The standard InChI is InChI=1S/C8H20OSi/c1-6-8(2,3)7-9-10(4)5/h10H,6-7H2,1-5H3. The molecule has 62 valence electrons. The minimum atomic E-state index is -0.784. The van der Waals surface area contributed by atoms with E-state index in [4.69, 9.17) is 4.43 Å². The first-order valence-electron chi connectivity index (χ1n) is 4.09. The average molecular weight is 160 g/mol. The summed E-state index contributed by atoms with van der Waals surface area (Å²) in [5.41, 5.74) is 0.386. The Morgan fingerprint density at radius 3 is 2.10 bits per heavy atom. The van der Waals surface area contributed by atoms with Crippen molar-refractivity contribution < 1.29 is 4.43 Å². The van der Waals surface area contributed by atoms with Crippen molar-refractivity contribution in [1.82, 2.24) is 0 Å². The molecule has 0 unspecified atom stereocenters. The van der Waals surface area contributed by atoms with Crippen LogP contribution in [0.5, 0.6) is 0 Å². The first-order valence-corrected chi connectivity index (χ1v) is 6.87. The van der Waals surface area contributed by atoms with Gasteiger partial charge in [0.1, 0.15) is 0 Å². The summed E-state index contributed by atoms with van der Waals surface area (Å²) in [6, 6.07) is 0. The van der Waals surface area contributed by atoms with Crippen molar-refractivity contribution >= 4 is 9.04 Å². The SMILES string of the molecule is CCC(C)(C)CO[SiH](C)C. The molecule has 0 bridgehead atoms. The lowest BCUT2D eigenvalue weighted by Crippen LogP contribution is -2.22. The molecule has 0 atom stereocenters. The van der Waals surface area contributed by atoms with Crippen LogP contribution in [0.2, 0.25) is 13.1 Å². The molecule has 0 aromatic carbocycles. The van der Waals surface area contributed by atoms with Crippen LogP contribution < -0.4 is 0 Å². The summed E-state index contributed by atoms with van der Waals surface area (Å²) in [7, 11) is -0.784. The van der Waals surface area contributed by atoms with Gasteiger partial charge in [0.25, 0.3) is 0 Å². The van der Waals surface area contributed by atoms with Crippen molar-refractivity contribution in [2.75, 3.05) is 6.61 Å². The molecule has 0 saturated carbocycles. The van der Waals surface area contributed by atoms with Crippen LogP contribution in [-0.4, -0.2) is 15.6 Å². The lowest BCUT2D eigenvalue weighted by atomic mass is 9.92. The largest absolute Gasteiger partial charge is 0.420 e. The van der Waals surface area contributed by atoms with Crippen molar-refractivity contribution in [2.45, 2.75) is 40.3 Å². The molecular weight excluding hydrogens is 140 g/mol. The highest BCUT2D eigenvalue weighted by molar-refractivity contribution is 6.48. The summed E-state index contributed by atoms with van der Waals surface area (Å²) in [5, 5.41) is 0. The third kappa shape index (κ3) is 5.00. The predicted octanol–water partition coefficient (Wildman–Crippen LogP) is 2.42. The van der Waals surface area contributed by atoms with E-state index in [1.165, 1.54) is 6.42 Å². The normalized spacial score (nSPS) is 12.6. The molecule has 1 nitrogen and oxygen atoms in total. The van der Waals surface area contributed by atoms with E-state index < -0.39 is 9.04 Å². The van der Waals surface area contributed by atoms with E-state index in [9.17, 15) is 0 Å². The van der Waals surface area contributed by atoms with Crippen molar-refractivity contribution in [3.63, 3.8) is 0 Å². The number of rotatable bonds is 4. The summed E-state index contributed by atoms with van der Waals surface area (Å²) in [6.45, 7) is 12.1. The van der Waals surface area contributed by atoms with E-state index >= 15 is 0 Å². The minimum Gasteiger partial charge on any atom is -0.420 e. The van der Waals surface area contributed by atoms with Crippen LogP contribution in [-0.2, 0) is 4.43 Å². The molecule has 0 N–H and O–H groups in total. The van der Waals surface area contributed by atoms with E-state index in [1.54, 1.807) is 0 Å². The van der Waals surface area contributed by atoms with Crippen LogP contribution in [0.4, 0.5) is 0 Å². The maximum absolute atomic E-state index is 5.64. The van der Waals surface area contributed by atoms with E-state index in [2.05, 4.69) is 33.9 Å². The van der Waals surface area contributed by atoms with Crippen LogP contribution >= 0.6 is 0 Å². The van der Waals surface area contributed by atoms with Gasteiger partial charge in [-0.05, 0) is 24.9 Å².